The van der Waals surface area contributed by atoms with Gasteiger partial charge in [-0.1, -0.05) is 39.8 Å². The maximum Gasteiger partial charge on any atom is 0.270 e. The molecule has 3 rings (SSSR count). The van der Waals surface area contributed by atoms with Crippen LogP contribution in [0.5, 0.6) is 0 Å². The lowest BCUT2D eigenvalue weighted by Crippen LogP contribution is -2.57. The summed E-state index contributed by atoms with van der Waals surface area (Å²) in [5.74, 6) is 0.0774. The van der Waals surface area contributed by atoms with Crippen LogP contribution in [-0.2, 0) is 4.79 Å². The molecule has 2 amide bonds. The van der Waals surface area contributed by atoms with E-state index in [1.54, 1.807) is 36.5 Å². The van der Waals surface area contributed by atoms with E-state index < -0.39 is 6.04 Å². The average Bonchev–Trinajstić information content (AvgIpc) is 2.72. The number of piperidine rings is 1. The Kier molecular flexibility index (Phi) is 6.74. The number of likely N-dealkylation sites (tertiary alicyclic amines) is 1. The Balaban J connectivity index is 1.68. The summed E-state index contributed by atoms with van der Waals surface area (Å²) in [5.41, 5.74) is 0.205. The van der Waals surface area contributed by atoms with Crippen molar-refractivity contribution in [3.63, 3.8) is 0 Å². The number of nitrogens with zero attached hydrogens (tertiary/aromatic N) is 2. The minimum absolute atomic E-state index is 0.0413. The first-order valence-electron chi connectivity index (χ1n) is 10.7. The summed E-state index contributed by atoms with van der Waals surface area (Å²) < 4.78 is 13.4. The fourth-order valence-electron chi connectivity index (χ4n) is 4.69. The highest BCUT2D eigenvalue weighted by molar-refractivity contribution is 5.96. The molecule has 1 aromatic rings. The number of carbonyl (C=O) groups is 2. The summed E-state index contributed by atoms with van der Waals surface area (Å²) in [6.07, 6.45) is 8.32. The third-order valence-corrected chi connectivity index (χ3v) is 6.35. The fraction of sp³-hybridized carbons (Fsp3) is 0.542. The Morgan fingerprint density at radius 1 is 1.30 bits per heavy atom. The number of rotatable bonds is 5. The minimum atomic E-state index is -0.599. The fourth-order valence-corrected chi connectivity index (χ4v) is 4.69. The molecule has 1 N–H and O–H groups in total. The second kappa shape index (κ2) is 9.11. The summed E-state index contributed by atoms with van der Waals surface area (Å²) >= 11 is 0. The van der Waals surface area contributed by atoms with E-state index in [0.717, 1.165) is 6.42 Å². The number of nitrogens with one attached hydrogen (secondary N) is 1. The molecule has 0 saturated carbocycles. The Labute approximate surface area is 178 Å². The number of amides is 2. The van der Waals surface area contributed by atoms with Crippen LogP contribution in [0, 0.1) is 23.2 Å². The van der Waals surface area contributed by atoms with Gasteiger partial charge in [-0.15, -0.1) is 0 Å². The van der Waals surface area contributed by atoms with Gasteiger partial charge in [0.05, 0.1) is 0 Å². The van der Waals surface area contributed by atoms with Crippen LogP contribution in [0.15, 0.2) is 48.5 Å². The molecule has 3 atom stereocenters. The molecule has 2 aliphatic rings. The number of hydrogen-bond acceptors (Lipinski definition) is 3. The van der Waals surface area contributed by atoms with E-state index in [9.17, 15) is 14.0 Å². The van der Waals surface area contributed by atoms with Crippen molar-refractivity contribution in [3.05, 3.63) is 54.1 Å². The van der Waals surface area contributed by atoms with E-state index in [2.05, 4.69) is 24.1 Å². The highest BCUT2D eigenvalue weighted by atomic mass is 19.1. The van der Waals surface area contributed by atoms with Gasteiger partial charge in [-0.05, 0) is 60.3 Å². The molecule has 1 aromatic heterocycles. The van der Waals surface area contributed by atoms with E-state index >= 15 is 0 Å². The number of pyridine rings is 1. The van der Waals surface area contributed by atoms with Gasteiger partial charge in [0.2, 0.25) is 5.91 Å². The van der Waals surface area contributed by atoms with Gasteiger partial charge in [0.25, 0.3) is 5.91 Å². The maximum absolute atomic E-state index is 13.4. The maximum atomic E-state index is 13.4. The first-order chi connectivity index (χ1) is 14.2. The van der Waals surface area contributed by atoms with E-state index in [1.165, 1.54) is 0 Å². The minimum Gasteiger partial charge on any atom is -0.340 e. The summed E-state index contributed by atoms with van der Waals surface area (Å²) in [6.45, 7) is 9.49. The first-order valence-corrected chi connectivity index (χ1v) is 10.7. The summed E-state index contributed by atoms with van der Waals surface area (Å²) in [5, 5.41) is 2.88. The highest BCUT2D eigenvalue weighted by Crippen LogP contribution is 2.43. The molecule has 2 unspecified atom stereocenters. The van der Waals surface area contributed by atoms with Gasteiger partial charge in [0, 0.05) is 19.3 Å². The van der Waals surface area contributed by atoms with E-state index in [0.29, 0.717) is 37.0 Å². The molecule has 1 aliphatic heterocycles. The van der Waals surface area contributed by atoms with E-state index in [1.807, 2.05) is 24.8 Å². The van der Waals surface area contributed by atoms with Crippen molar-refractivity contribution in [1.82, 2.24) is 15.2 Å². The van der Waals surface area contributed by atoms with Crippen molar-refractivity contribution in [2.24, 2.45) is 23.2 Å². The monoisotopic (exact) mass is 413 g/mol. The van der Waals surface area contributed by atoms with Crippen LogP contribution < -0.4 is 5.32 Å². The van der Waals surface area contributed by atoms with E-state index in [-0.39, 0.29) is 29.0 Å². The van der Waals surface area contributed by atoms with Crippen LogP contribution in [0.3, 0.4) is 0 Å². The zero-order chi connectivity index (χ0) is 21.9. The molecule has 1 aliphatic carbocycles. The summed E-state index contributed by atoms with van der Waals surface area (Å²) in [6, 6.07) is 4.54. The average molecular weight is 414 g/mol. The third kappa shape index (κ3) is 4.97. The molecular weight excluding hydrogens is 381 g/mol. The number of allylic oxidation sites excluding steroid dienone is 4. The highest BCUT2D eigenvalue weighted by Gasteiger charge is 2.42. The van der Waals surface area contributed by atoms with Gasteiger partial charge >= 0.3 is 0 Å². The van der Waals surface area contributed by atoms with Gasteiger partial charge in [0.15, 0.2) is 0 Å². The molecule has 0 bridgehead atoms. The number of aromatic nitrogens is 1. The quantitative estimate of drug-likeness (QED) is 0.789. The molecule has 6 heteroatoms. The normalized spacial score (nSPS) is 24.3. The SMILES string of the molecule is CC(C)[C@@H](NC(=O)c1ccccn1)C(=O)N1CCC(C2C=CC(F)=CC2)C(C)(C)C1. The molecular formula is C24H32FN3O2. The zero-order valence-electron chi connectivity index (χ0n) is 18.3. The van der Waals surface area contributed by atoms with Crippen LogP contribution >= 0.6 is 0 Å². The Morgan fingerprint density at radius 3 is 2.63 bits per heavy atom. The van der Waals surface area contributed by atoms with Crippen molar-refractivity contribution in [2.75, 3.05) is 13.1 Å². The largest absolute Gasteiger partial charge is 0.340 e. The van der Waals surface area contributed by atoms with Crippen LogP contribution in [0.1, 0.15) is 51.0 Å². The zero-order valence-corrected chi connectivity index (χ0v) is 18.3. The number of halogens is 1. The topological polar surface area (TPSA) is 62.3 Å². The lowest BCUT2D eigenvalue weighted by Gasteiger charge is -2.48. The van der Waals surface area contributed by atoms with Crippen molar-refractivity contribution in [2.45, 2.75) is 46.6 Å². The molecule has 30 heavy (non-hydrogen) atoms. The van der Waals surface area contributed by atoms with Gasteiger partial charge in [0.1, 0.15) is 17.6 Å². The van der Waals surface area contributed by atoms with Crippen molar-refractivity contribution in [3.8, 4) is 0 Å². The van der Waals surface area contributed by atoms with E-state index in [4.69, 9.17) is 0 Å². The summed E-state index contributed by atoms with van der Waals surface area (Å²) in [4.78, 5) is 31.9. The Hall–Kier alpha value is -2.50. The summed E-state index contributed by atoms with van der Waals surface area (Å²) in [7, 11) is 0. The molecule has 2 heterocycles. The first kappa shape index (κ1) is 22.2. The molecule has 0 aromatic carbocycles. The third-order valence-electron chi connectivity index (χ3n) is 6.35. The lowest BCUT2D eigenvalue weighted by atomic mass is 9.66. The van der Waals surface area contributed by atoms with Crippen molar-refractivity contribution >= 4 is 11.8 Å². The Morgan fingerprint density at radius 2 is 2.07 bits per heavy atom. The van der Waals surface area contributed by atoms with Gasteiger partial charge in [-0.25, -0.2) is 4.39 Å². The van der Waals surface area contributed by atoms with Crippen molar-refractivity contribution in [1.29, 1.82) is 0 Å². The second-order valence-corrected chi connectivity index (χ2v) is 9.40. The van der Waals surface area contributed by atoms with Gasteiger partial charge in [-0.2, -0.15) is 0 Å². The molecule has 1 saturated heterocycles. The molecule has 0 radical (unpaired) electrons. The molecule has 162 valence electrons. The van der Waals surface area contributed by atoms with Gasteiger partial charge < -0.3 is 10.2 Å². The number of hydrogen-bond donors (Lipinski definition) is 1. The second-order valence-electron chi connectivity index (χ2n) is 9.40. The van der Waals surface area contributed by atoms with Gasteiger partial charge in [-0.3, -0.25) is 14.6 Å². The predicted molar refractivity (Wildman–Crippen MR) is 115 cm³/mol. The predicted octanol–water partition coefficient (Wildman–Crippen LogP) is 4.14. The standard InChI is InChI=1S/C24H32FN3O2/c1-16(2)21(27-22(29)20-7-5-6-13-26-20)23(30)28-14-12-19(24(3,4)15-28)17-8-10-18(25)11-9-17/h5-8,10-11,13,16-17,19,21H,9,12,14-15H2,1-4H3,(H,27,29)/t17?,19?,21-/m1/s1. The lowest BCUT2D eigenvalue weighted by molar-refractivity contribution is -0.139. The van der Waals surface area contributed by atoms with Crippen LogP contribution in [-0.4, -0.2) is 40.8 Å². The van der Waals surface area contributed by atoms with Crippen molar-refractivity contribution < 1.29 is 14.0 Å². The number of carbonyl (C=O) groups excluding carboxylic acids is 2. The smallest absolute Gasteiger partial charge is 0.270 e. The molecule has 5 nitrogen and oxygen atoms in total. The van der Waals surface area contributed by atoms with Crippen LogP contribution in [0.4, 0.5) is 4.39 Å². The van der Waals surface area contributed by atoms with Crippen LogP contribution in [0.2, 0.25) is 0 Å². The Bertz CT molecular complexity index is 832. The molecule has 0 spiro atoms. The molecule has 1 fully saturated rings. The van der Waals surface area contributed by atoms with Crippen LogP contribution in [0.25, 0.3) is 0 Å².